The van der Waals surface area contributed by atoms with E-state index in [1.54, 1.807) is 11.3 Å². The second-order valence-corrected chi connectivity index (χ2v) is 6.34. The van der Waals surface area contributed by atoms with Gasteiger partial charge in [-0.05, 0) is 34.7 Å². The third-order valence-electron chi connectivity index (χ3n) is 3.16. The first kappa shape index (κ1) is 11.4. The molecular weight excluding hydrogens is 367 g/mol. The zero-order chi connectivity index (χ0) is 12.8. The van der Waals surface area contributed by atoms with Crippen LogP contribution in [0.15, 0.2) is 54.6 Å². The first-order valence-electron chi connectivity index (χ1n) is 5.95. The van der Waals surface area contributed by atoms with Gasteiger partial charge in [-0.25, -0.2) is 4.98 Å². The Morgan fingerprint density at radius 2 is 1.68 bits per heavy atom. The molecule has 4 heteroatoms. The topological polar surface area (TPSA) is 17.3 Å². The molecule has 4 rings (SSSR count). The first-order chi connectivity index (χ1) is 9.34. The number of hydrogen-bond donors (Lipinski definition) is 0. The minimum Gasteiger partial charge on any atom is -0.282 e. The van der Waals surface area contributed by atoms with Crippen LogP contribution in [0.3, 0.4) is 0 Å². The molecule has 0 N–H and O–H groups in total. The van der Waals surface area contributed by atoms with E-state index in [0.29, 0.717) is 0 Å². The number of fused-ring (bicyclic) bond motifs is 3. The van der Waals surface area contributed by atoms with E-state index in [1.807, 2.05) is 6.07 Å². The van der Waals surface area contributed by atoms with E-state index in [1.165, 1.54) is 21.5 Å². The summed E-state index contributed by atoms with van der Waals surface area (Å²) in [5, 5.41) is 0. The van der Waals surface area contributed by atoms with Crippen LogP contribution in [0.1, 0.15) is 0 Å². The van der Waals surface area contributed by atoms with Crippen LogP contribution in [0.5, 0.6) is 0 Å². The van der Waals surface area contributed by atoms with Gasteiger partial charge in [0.1, 0.15) is 3.70 Å². The maximum Gasteiger partial charge on any atom is 0.196 e. The Morgan fingerprint density at radius 1 is 0.947 bits per heavy atom. The van der Waals surface area contributed by atoms with Crippen molar-refractivity contribution in [2.24, 2.45) is 0 Å². The van der Waals surface area contributed by atoms with Gasteiger partial charge in [-0.15, -0.1) is 0 Å². The molecule has 92 valence electrons. The van der Waals surface area contributed by atoms with E-state index in [-0.39, 0.29) is 0 Å². The van der Waals surface area contributed by atoms with E-state index in [2.05, 4.69) is 75.5 Å². The highest BCUT2D eigenvalue weighted by molar-refractivity contribution is 14.1. The number of thiazole rings is 1. The fourth-order valence-electron chi connectivity index (χ4n) is 2.34. The van der Waals surface area contributed by atoms with Crippen molar-refractivity contribution in [2.75, 3.05) is 0 Å². The molecule has 0 radical (unpaired) electrons. The largest absolute Gasteiger partial charge is 0.282 e. The number of hydrogen-bond acceptors (Lipinski definition) is 2. The number of benzene rings is 2. The number of imidazole rings is 1. The molecule has 0 aliphatic heterocycles. The summed E-state index contributed by atoms with van der Waals surface area (Å²) in [7, 11) is 0. The molecule has 19 heavy (non-hydrogen) atoms. The van der Waals surface area contributed by atoms with Gasteiger partial charge in [0.25, 0.3) is 0 Å². The Morgan fingerprint density at radius 3 is 2.53 bits per heavy atom. The summed E-state index contributed by atoms with van der Waals surface area (Å²) in [5.41, 5.74) is 3.63. The lowest BCUT2D eigenvalue weighted by Gasteiger charge is -2.01. The van der Waals surface area contributed by atoms with Crippen LogP contribution < -0.4 is 0 Å². The second kappa shape index (κ2) is 4.31. The van der Waals surface area contributed by atoms with Gasteiger partial charge in [0.2, 0.25) is 0 Å². The summed E-state index contributed by atoms with van der Waals surface area (Å²) >= 11 is 4.06. The molecule has 0 spiro atoms. The zero-order valence-corrected chi connectivity index (χ0v) is 12.9. The third-order valence-corrected chi connectivity index (χ3v) is 4.93. The van der Waals surface area contributed by atoms with Crippen molar-refractivity contribution in [1.82, 2.24) is 9.38 Å². The Labute approximate surface area is 127 Å². The van der Waals surface area contributed by atoms with Crippen molar-refractivity contribution in [1.29, 1.82) is 0 Å². The van der Waals surface area contributed by atoms with Gasteiger partial charge in [0.05, 0.1) is 15.9 Å². The SMILES string of the molecule is Ic1nc2sc3ccccc3n2c1-c1ccccc1. The van der Waals surface area contributed by atoms with Gasteiger partial charge in [0.15, 0.2) is 4.96 Å². The number of aromatic nitrogens is 2. The van der Waals surface area contributed by atoms with E-state index in [0.717, 1.165) is 8.66 Å². The van der Waals surface area contributed by atoms with Crippen LogP contribution in [-0.4, -0.2) is 9.38 Å². The molecule has 2 heterocycles. The van der Waals surface area contributed by atoms with Crippen molar-refractivity contribution >= 4 is 49.1 Å². The summed E-state index contributed by atoms with van der Waals surface area (Å²) in [6.45, 7) is 0. The molecule has 2 aromatic heterocycles. The van der Waals surface area contributed by atoms with Gasteiger partial charge in [-0.2, -0.15) is 0 Å². The standard InChI is InChI=1S/C15H9IN2S/c16-14-13(10-6-2-1-3-7-10)18-11-8-4-5-9-12(11)19-15(18)17-14/h1-9H. The predicted octanol–water partition coefficient (Wildman–Crippen LogP) is 4.82. The quantitative estimate of drug-likeness (QED) is 0.436. The summed E-state index contributed by atoms with van der Waals surface area (Å²) < 4.78 is 4.59. The van der Waals surface area contributed by atoms with E-state index < -0.39 is 0 Å². The fraction of sp³-hybridized carbons (Fsp3) is 0. The average molecular weight is 376 g/mol. The molecule has 0 saturated heterocycles. The highest BCUT2D eigenvalue weighted by Crippen LogP contribution is 2.34. The lowest BCUT2D eigenvalue weighted by atomic mass is 10.2. The predicted molar refractivity (Wildman–Crippen MR) is 88.7 cm³/mol. The van der Waals surface area contributed by atoms with E-state index >= 15 is 0 Å². The normalized spacial score (nSPS) is 11.4. The molecule has 4 aromatic rings. The van der Waals surface area contributed by atoms with Crippen LogP contribution in [-0.2, 0) is 0 Å². The summed E-state index contributed by atoms with van der Waals surface area (Å²) in [5.74, 6) is 0. The lowest BCUT2D eigenvalue weighted by Crippen LogP contribution is -1.87. The van der Waals surface area contributed by atoms with Crippen LogP contribution >= 0.6 is 33.9 Å². The highest BCUT2D eigenvalue weighted by atomic mass is 127. The molecule has 2 nitrogen and oxygen atoms in total. The molecule has 0 saturated carbocycles. The fourth-order valence-corrected chi connectivity index (χ4v) is 4.31. The van der Waals surface area contributed by atoms with Gasteiger partial charge >= 0.3 is 0 Å². The van der Waals surface area contributed by atoms with Gasteiger partial charge in [0, 0.05) is 5.56 Å². The van der Waals surface area contributed by atoms with Crippen molar-refractivity contribution in [3.05, 3.63) is 58.3 Å². The Hall–Kier alpha value is -1.40. The van der Waals surface area contributed by atoms with Crippen LogP contribution in [0.4, 0.5) is 0 Å². The molecule has 0 amide bonds. The number of rotatable bonds is 1. The van der Waals surface area contributed by atoms with E-state index in [9.17, 15) is 0 Å². The maximum atomic E-state index is 4.69. The number of halogens is 1. The van der Waals surface area contributed by atoms with Gasteiger partial charge in [-0.3, -0.25) is 4.40 Å². The smallest absolute Gasteiger partial charge is 0.196 e. The van der Waals surface area contributed by atoms with Crippen molar-refractivity contribution in [3.8, 4) is 11.3 Å². The Kier molecular flexibility index (Phi) is 2.60. The summed E-state index contributed by atoms with van der Waals surface area (Å²) in [4.78, 5) is 5.75. The second-order valence-electron chi connectivity index (χ2n) is 4.31. The molecule has 2 aromatic carbocycles. The molecule has 0 aliphatic rings. The molecule has 0 bridgehead atoms. The van der Waals surface area contributed by atoms with Gasteiger partial charge in [-0.1, -0.05) is 53.8 Å². The summed E-state index contributed by atoms with van der Waals surface area (Å²) in [6.07, 6.45) is 0. The van der Waals surface area contributed by atoms with E-state index in [4.69, 9.17) is 4.98 Å². The van der Waals surface area contributed by atoms with Crippen LogP contribution in [0.25, 0.3) is 26.4 Å². The highest BCUT2D eigenvalue weighted by Gasteiger charge is 2.16. The number of para-hydroxylation sites is 1. The average Bonchev–Trinajstić information content (AvgIpc) is 2.94. The molecule has 0 fully saturated rings. The minimum atomic E-state index is 1.06. The van der Waals surface area contributed by atoms with Crippen LogP contribution in [0.2, 0.25) is 0 Å². The minimum absolute atomic E-state index is 1.06. The zero-order valence-electron chi connectivity index (χ0n) is 9.88. The van der Waals surface area contributed by atoms with Crippen molar-refractivity contribution in [3.63, 3.8) is 0 Å². The monoisotopic (exact) mass is 376 g/mol. The molecular formula is C15H9IN2S. The first-order valence-corrected chi connectivity index (χ1v) is 7.85. The van der Waals surface area contributed by atoms with Gasteiger partial charge < -0.3 is 0 Å². The molecule has 0 atom stereocenters. The summed E-state index contributed by atoms with van der Waals surface area (Å²) in [6, 6.07) is 18.9. The maximum absolute atomic E-state index is 4.69. The Balaban J connectivity index is 2.17. The molecule has 0 unspecified atom stereocenters. The Bertz CT molecular complexity index is 877. The lowest BCUT2D eigenvalue weighted by molar-refractivity contribution is 1.29. The van der Waals surface area contributed by atoms with Crippen molar-refractivity contribution in [2.45, 2.75) is 0 Å². The number of nitrogens with zero attached hydrogens (tertiary/aromatic N) is 2. The third kappa shape index (κ3) is 1.70. The van der Waals surface area contributed by atoms with Crippen LogP contribution in [0, 0.1) is 3.70 Å². The molecule has 0 aliphatic carbocycles. The van der Waals surface area contributed by atoms with Crippen molar-refractivity contribution < 1.29 is 0 Å².